The number of hydrogen-bond donors (Lipinski definition) is 0. The first-order valence-electron chi connectivity index (χ1n) is 4.72. The summed E-state index contributed by atoms with van der Waals surface area (Å²) in [6.07, 6.45) is 1.27. The molecule has 5 nitrogen and oxygen atoms in total. The lowest BCUT2D eigenvalue weighted by molar-refractivity contribution is -0.0294. The van der Waals surface area contributed by atoms with Gasteiger partial charge in [0, 0.05) is 20.3 Å². The lowest BCUT2D eigenvalue weighted by Gasteiger charge is -2.19. The molecule has 0 spiro atoms. The third-order valence-corrected chi connectivity index (χ3v) is 4.35. The van der Waals surface area contributed by atoms with Gasteiger partial charge in [0.1, 0.15) is 0 Å². The van der Waals surface area contributed by atoms with Gasteiger partial charge >= 0.3 is 0 Å². The van der Waals surface area contributed by atoms with Gasteiger partial charge in [0.05, 0.1) is 11.9 Å². The summed E-state index contributed by atoms with van der Waals surface area (Å²) in [5.41, 5.74) is 0. The normalized spacial score (nSPS) is 21.3. The molecule has 0 aliphatic carbocycles. The Morgan fingerprint density at radius 3 is 2.79 bits per heavy atom. The van der Waals surface area contributed by atoms with Gasteiger partial charge in [0.2, 0.25) is 10.0 Å². The molecule has 1 saturated heterocycles. The molecule has 0 aromatic heterocycles. The standard InChI is InChI=1S/C8H17NO4S/c1-8(4-7-12-2)14(10,11)9-5-3-6-13-9/h8H,3-7H2,1-2H3. The molecule has 0 aromatic rings. The Kier molecular flexibility index (Phi) is 4.31. The largest absolute Gasteiger partial charge is 0.385 e. The summed E-state index contributed by atoms with van der Waals surface area (Å²) in [6.45, 7) is 3.10. The van der Waals surface area contributed by atoms with Crippen molar-refractivity contribution < 1.29 is 18.0 Å². The van der Waals surface area contributed by atoms with Crippen LogP contribution in [0, 0.1) is 0 Å². The van der Waals surface area contributed by atoms with Gasteiger partial charge in [0.15, 0.2) is 0 Å². The van der Waals surface area contributed by atoms with E-state index in [0.29, 0.717) is 26.2 Å². The van der Waals surface area contributed by atoms with Gasteiger partial charge in [-0.1, -0.05) is 4.47 Å². The van der Waals surface area contributed by atoms with Crippen LogP contribution in [0.1, 0.15) is 19.8 Å². The Balaban J connectivity index is 2.54. The Labute approximate surface area is 85.0 Å². The second kappa shape index (κ2) is 5.06. The smallest absolute Gasteiger partial charge is 0.238 e. The van der Waals surface area contributed by atoms with E-state index in [9.17, 15) is 8.42 Å². The summed E-state index contributed by atoms with van der Waals surface area (Å²) in [4.78, 5) is 5.02. The minimum atomic E-state index is -3.28. The highest BCUT2D eigenvalue weighted by Crippen LogP contribution is 2.17. The lowest BCUT2D eigenvalue weighted by atomic mass is 10.3. The molecule has 0 aromatic carbocycles. The van der Waals surface area contributed by atoms with Crippen LogP contribution in [0.2, 0.25) is 0 Å². The molecule has 14 heavy (non-hydrogen) atoms. The summed E-state index contributed by atoms with van der Waals surface area (Å²) in [5, 5.41) is -0.444. The van der Waals surface area contributed by atoms with Gasteiger partial charge in [-0.15, -0.1) is 0 Å². The van der Waals surface area contributed by atoms with Crippen molar-refractivity contribution in [2.45, 2.75) is 25.0 Å². The molecule has 1 atom stereocenters. The molecular formula is C8H17NO4S. The van der Waals surface area contributed by atoms with E-state index >= 15 is 0 Å². The van der Waals surface area contributed by atoms with Crippen molar-refractivity contribution in [1.82, 2.24) is 4.47 Å². The molecule has 1 fully saturated rings. The maximum Gasteiger partial charge on any atom is 0.238 e. The molecule has 1 heterocycles. The highest BCUT2D eigenvalue weighted by Gasteiger charge is 2.31. The fraction of sp³-hybridized carbons (Fsp3) is 1.00. The summed E-state index contributed by atoms with van der Waals surface area (Å²) in [7, 11) is -1.72. The number of hydroxylamine groups is 1. The lowest BCUT2D eigenvalue weighted by Crippen LogP contribution is -2.35. The molecule has 6 heteroatoms. The Morgan fingerprint density at radius 2 is 2.29 bits per heavy atom. The first-order valence-corrected chi connectivity index (χ1v) is 6.22. The van der Waals surface area contributed by atoms with Crippen molar-refractivity contribution in [3.05, 3.63) is 0 Å². The zero-order chi connectivity index (χ0) is 10.6. The molecular weight excluding hydrogens is 206 g/mol. The van der Waals surface area contributed by atoms with E-state index in [1.165, 1.54) is 0 Å². The molecule has 1 unspecified atom stereocenters. The van der Waals surface area contributed by atoms with Crippen molar-refractivity contribution >= 4 is 10.0 Å². The van der Waals surface area contributed by atoms with E-state index in [-0.39, 0.29) is 0 Å². The molecule has 0 N–H and O–H groups in total. The van der Waals surface area contributed by atoms with Crippen LogP contribution in [0.15, 0.2) is 0 Å². The maximum absolute atomic E-state index is 11.8. The Morgan fingerprint density at radius 1 is 1.57 bits per heavy atom. The number of rotatable bonds is 5. The first kappa shape index (κ1) is 11.9. The van der Waals surface area contributed by atoms with Crippen LogP contribution in [-0.4, -0.2) is 45.0 Å². The van der Waals surface area contributed by atoms with Crippen LogP contribution in [0.5, 0.6) is 0 Å². The summed E-state index contributed by atoms with van der Waals surface area (Å²) in [5.74, 6) is 0. The number of sulfonamides is 1. The van der Waals surface area contributed by atoms with Crippen molar-refractivity contribution in [1.29, 1.82) is 0 Å². The molecule has 0 radical (unpaired) electrons. The van der Waals surface area contributed by atoms with E-state index in [0.717, 1.165) is 10.9 Å². The summed E-state index contributed by atoms with van der Waals surface area (Å²) in [6, 6.07) is 0. The third kappa shape index (κ3) is 2.66. The van der Waals surface area contributed by atoms with Crippen molar-refractivity contribution in [2.75, 3.05) is 26.9 Å². The van der Waals surface area contributed by atoms with E-state index in [2.05, 4.69) is 0 Å². The van der Waals surface area contributed by atoms with Gasteiger partial charge < -0.3 is 4.74 Å². The fourth-order valence-electron chi connectivity index (χ4n) is 1.26. The topological polar surface area (TPSA) is 55.8 Å². The van der Waals surface area contributed by atoms with Gasteiger partial charge in [0.25, 0.3) is 0 Å². The molecule has 1 aliphatic rings. The first-order chi connectivity index (χ1) is 6.59. The number of methoxy groups -OCH3 is 1. The average molecular weight is 223 g/mol. The zero-order valence-corrected chi connectivity index (χ0v) is 9.42. The molecule has 1 aliphatic heterocycles. The SMILES string of the molecule is COCCC(C)S(=O)(=O)N1CCCO1. The molecule has 0 bridgehead atoms. The predicted molar refractivity (Wildman–Crippen MR) is 52.1 cm³/mol. The number of hydrogen-bond acceptors (Lipinski definition) is 4. The molecule has 1 rings (SSSR count). The van der Waals surface area contributed by atoms with Gasteiger partial charge in [-0.25, -0.2) is 8.42 Å². The zero-order valence-electron chi connectivity index (χ0n) is 8.60. The monoisotopic (exact) mass is 223 g/mol. The minimum Gasteiger partial charge on any atom is -0.385 e. The number of nitrogens with zero attached hydrogens (tertiary/aromatic N) is 1. The number of ether oxygens (including phenoxy) is 1. The van der Waals surface area contributed by atoms with E-state index in [1.807, 2.05) is 0 Å². The quantitative estimate of drug-likeness (QED) is 0.676. The summed E-state index contributed by atoms with van der Waals surface area (Å²) < 4.78 is 29.5. The minimum absolute atomic E-state index is 0.444. The molecule has 84 valence electrons. The fourth-order valence-corrected chi connectivity index (χ4v) is 2.66. The Hall–Kier alpha value is -0.170. The van der Waals surface area contributed by atoms with Gasteiger partial charge in [-0.2, -0.15) is 0 Å². The average Bonchev–Trinajstić information content (AvgIpc) is 2.67. The molecule has 0 saturated carbocycles. The van der Waals surface area contributed by atoms with Crippen LogP contribution in [0.25, 0.3) is 0 Å². The van der Waals surface area contributed by atoms with Crippen LogP contribution in [0.3, 0.4) is 0 Å². The third-order valence-electron chi connectivity index (χ3n) is 2.24. The van der Waals surface area contributed by atoms with Crippen LogP contribution < -0.4 is 0 Å². The highest BCUT2D eigenvalue weighted by atomic mass is 32.2. The van der Waals surface area contributed by atoms with E-state index in [4.69, 9.17) is 9.57 Å². The van der Waals surface area contributed by atoms with Crippen LogP contribution >= 0.6 is 0 Å². The van der Waals surface area contributed by atoms with Crippen LogP contribution in [0.4, 0.5) is 0 Å². The van der Waals surface area contributed by atoms with Crippen molar-refractivity contribution in [3.63, 3.8) is 0 Å². The second-order valence-electron chi connectivity index (χ2n) is 3.35. The van der Waals surface area contributed by atoms with Gasteiger partial charge in [-0.3, -0.25) is 4.84 Å². The maximum atomic E-state index is 11.8. The van der Waals surface area contributed by atoms with Gasteiger partial charge in [-0.05, 0) is 19.8 Å². The highest BCUT2D eigenvalue weighted by molar-refractivity contribution is 7.89. The van der Waals surface area contributed by atoms with E-state index < -0.39 is 15.3 Å². The van der Waals surface area contributed by atoms with Crippen molar-refractivity contribution in [2.24, 2.45) is 0 Å². The van der Waals surface area contributed by atoms with Crippen LogP contribution in [-0.2, 0) is 19.6 Å². The predicted octanol–water partition coefficient (Wildman–Crippen LogP) is 0.379. The van der Waals surface area contributed by atoms with E-state index in [1.54, 1.807) is 14.0 Å². The molecule has 0 amide bonds. The second-order valence-corrected chi connectivity index (χ2v) is 5.59. The Bertz CT molecular complexity index is 259. The summed E-state index contributed by atoms with van der Waals surface area (Å²) >= 11 is 0. The van der Waals surface area contributed by atoms with Crippen molar-refractivity contribution in [3.8, 4) is 0 Å².